The predicted molar refractivity (Wildman–Crippen MR) is 115 cm³/mol. The van der Waals surface area contributed by atoms with Crippen molar-refractivity contribution < 1.29 is 4.79 Å². The van der Waals surface area contributed by atoms with Gasteiger partial charge in [-0.15, -0.1) is 0 Å². The summed E-state index contributed by atoms with van der Waals surface area (Å²) < 4.78 is 0. The second kappa shape index (κ2) is 7.39. The number of carbonyl (C=O) groups is 1. The van der Waals surface area contributed by atoms with Gasteiger partial charge in [0.2, 0.25) is 0 Å². The second-order valence-corrected chi connectivity index (χ2v) is 7.96. The Hall–Kier alpha value is -3.09. The van der Waals surface area contributed by atoms with Crippen molar-refractivity contribution >= 4 is 45.6 Å². The fourth-order valence-electron chi connectivity index (χ4n) is 3.48. The molecule has 1 aliphatic rings. The first-order valence-corrected chi connectivity index (χ1v) is 10.4. The van der Waals surface area contributed by atoms with Crippen molar-refractivity contribution in [1.29, 1.82) is 0 Å². The van der Waals surface area contributed by atoms with Gasteiger partial charge in [-0.25, -0.2) is 5.01 Å². The highest BCUT2D eigenvalue weighted by atomic mass is 35.5. The Morgan fingerprint density at radius 1 is 1.03 bits per heavy atom. The summed E-state index contributed by atoms with van der Waals surface area (Å²) in [5, 5.41) is 10.7. The van der Waals surface area contributed by atoms with Crippen LogP contribution in [0.4, 0.5) is 0 Å². The van der Waals surface area contributed by atoms with Gasteiger partial charge in [-0.2, -0.15) is 16.4 Å². The van der Waals surface area contributed by atoms with Gasteiger partial charge >= 0.3 is 0 Å². The van der Waals surface area contributed by atoms with E-state index in [4.69, 9.17) is 16.7 Å². The lowest BCUT2D eigenvalue weighted by atomic mass is 9.98. The molecule has 7 heteroatoms. The van der Waals surface area contributed by atoms with Crippen molar-refractivity contribution in [3.05, 3.63) is 93.4 Å². The number of thiophene rings is 1. The average molecular weight is 419 g/mol. The third-order valence-electron chi connectivity index (χ3n) is 4.94. The van der Waals surface area contributed by atoms with E-state index in [1.54, 1.807) is 17.4 Å². The first-order valence-electron chi connectivity index (χ1n) is 9.09. The van der Waals surface area contributed by atoms with Crippen LogP contribution in [0.2, 0.25) is 5.02 Å². The molecular formula is C22H15ClN4OS. The van der Waals surface area contributed by atoms with E-state index in [2.05, 4.69) is 9.97 Å². The van der Waals surface area contributed by atoms with Crippen LogP contribution in [-0.2, 0) is 0 Å². The number of amides is 1. The molecule has 0 bridgehead atoms. The number of aromatic nitrogens is 2. The van der Waals surface area contributed by atoms with Crippen LogP contribution in [0.1, 0.15) is 33.9 Å². The first kappa shape index (κ1) is 18.0. The summed E-state index contributed by atoms with van der Waals surface area (Å²) in [6.45, 7) is 0. The van der Waals surface area contributed by atoms with E-state index in [1.165, 1.54) is 11.3 Å². The van der Waals surface area contributed by atoms with E-state index >= 15 is 0 Å². The fourth-order valence-corrected chi connectivity index (χ4v) is 4.24. The van der Waals surface area contributed by atoms with Gasteiger partial charge < -0.3 is 0 Å². The van der Waals surface area contributed by atoms with Gasteiger partial charge in [-0.3, -0.25) is 14.8 Å². The molecule has 0 unspecified atom stereocenters. The van der Waals surface area contributed by atoms with Crippen molar-refractivity contribution in [2.75, 3.05) is 0 Å². The highest BCUT2D eigenvalue weighted by molar-refractivity contribution is 7.08. The maximum atomic E-state index is 13.2. The zero-order valence-corrected chi connectivity index (χ0v) is 16.8. The number of nitrogens with zero attached hydrogens (tertiary/aromatic N) is 4. The lowest BCUT2D eigenvalue weighted by Gasteiger charge is -2.21. The van der Waals surface area contributed by atoms with Crippen molar-refractivity contribution in [3.63, 3.8) is 0 Å². The molecule has 1 aliphatic heterocycles. The van der Waals surface area contributed by atoms with Gasteiger partial charge in [0, 0.05) is 29.2 Å². The second-order valence-electron chi connectivity index (χ2n) is 6.74. The molecule has 1 amide bonds. The van der Waals surface area contributed by atoms with Crippen molar-refractivity contribution in [2.45, 2.75) is 12.5 Å². The number of fused-ring (bicyclic) bond motifs is 1. The molecule has 142 valence electrons. The van der Waals surface area contributed by atoms with Gasteiger partial charge in [0.05, 0.1) is 28.4 Å². The molecule has 2 aromatic heterocycles. The minimum Gasteiger partial charge on any atom is -0.267 e. The monoisotopic (exact) mass is 418 g/mol. The smallest absolute Gasteiger partial charge is 0.267 e. The molecule has 0 N–H and O–H groups in total. The van der Waals surface area contributed by atoms with Gasteiger partial charge in [0.25, 0.3) is 5.91 Å². The van der Waals surface area contributed by atoms with Crippen molar-refractivity contribution in [3.8, 4) is 0 Å². The number of benzene rings is 2. The Bertz CT molecular complexity index is 1220. The number of hydrogen-bond acceptors (Lipinski definition) is 5. The lowest BCUT2D eigenvalue weighted by molar-refractivity contribution is 0.0712. The van der Waals surface area contributed by atoms with Crippen LogP contribution in [0.5, 0.6) is 0 Å². The van der Waals surface area contributed by atoms with Crippen molar-refractivity contribution in [1.82, 2.24) is 15.0 Å². The summed E-state index contributed by atoms with van der Waals surface area (Å²) in [4.78, 5) is 21.9. The standard InChI is InChI=1S/C22H15ClN4OS/c23-17-4-1-14(2-5-17)19-12-21(27(26-19)22(28)16-7-10-29-13-16)15-3-6-18-20(11-15)25-9-8-24-18/h1-11,13,21H,12H2/t21-/m0/s1. The first-order chi connectivity index (χ1) is 14.2. The van der Waals surface area contributed by atoms with Crippen LogP contribution in [0.3, 0.4) is 0 Å². The summed E-state index contributed by atoms with van der Waals surface area (Å²) in [5.41, 5.74) is 5.06. The molecule has 0 fully saturated rings. The quantitative estimate of drug-likeness (QED) is 0.451. The third kappa shape index (κ3) is 3.41. The van der Waals surface area contributed by atoms with Crippen LogP contribution < -0.4 is 0 Å². The van der Waals surface area contributed by atoms with Crippen molar-refractivity contribution in [2.24, 2.45) is 5.10 Å². The predicted octanol–water partition coefficient (Wildman–Crippen LogP) is 5.34. The molecule has 4 aromatic rings. The zero-order chi connectivity index (χ0) is 19.8. The van der Waals surface area contributed by atoms with E-state index in [9.17, 15) is 4.79 Å². The van der Waals surface area contributed by atoms with Gasteiger partial charge in [0.15, 0.2) is 0 Å². The minimum absolute atomic E-state index is 0.112. The van der Waals surface area contributed by atoms with E-state index in [0.29, 0.717) is 17.0 Å². The number of hydrazone groups is 1. The Morgan fingerprint density at radius 3 is 2.59 bits per heavy atom. The highest BCUT2D eigenvalue weighted by Gasteiger charge is 2.34. The zero-order valence-electron chi connectivity index (χ0n) is 15.2. The Balaban J connectivity index is 1.56. The molecule has 5 rings (SSSR count). The Morgan fingerprint density at radius 2 is 1.83 bits per heavy atom. The minimum atomic E-state index is -0.209. The van der Waals surface area contributed by atoms with Gasteiger partial charge in [-0.1, -0.05) is 29.8 Å². The van der Waals surface area contributed by atoms with E-state index in [0.717, 1.165) is 27.9 Å². The van der Waals surface area contributed by atoms with Crippen LogP contribution in [0.15, 0.2) is 76.8 Å². The maximum absolute atomic E-state index is 13.2. The molecular weight excluding hydrogens is 404 g/mol. The van der Waals surface area contributed by atoms with E-state index < -0.39 is 0 Å². The molecule has 1 atom stereocenters. The molecule has 3 heterocycles. The Labute approximate surface area is 176 Å². The molecule has 0 spiro atoms. The number of rotatable bonds is 3. The summed E-state index contributed by atoms with van der Waals surface area (Å²) in [5.74, 6) is -0.112. The van der Waals surface area contributed by atoms with Crippen LogP contribution in [0.25, 0.3) is 11.0 Å². The molecule has 5 nitrogen and oxygen atoms in total. The summed E-state index contributed by atoms with van der Waals surface area (Å²) in [6.07, 6.45) is 3.96. The van der Waals surface area contributed by atoms with E-state index in [1.807, 2.05) is 59.3 Å². The highest BCUT2D eigenvalue weighted by Crippen LogP contribution is 2.35. The lowest BCUT2D eigenvalue weighted by Crippen LogP contribution is -2.26. The third-order valence-corrected chi connectivity index (χ3v) is 5.88. The molecule has 0 saturated carbocycles. The number of carbonyl (C=O) groups excluding carboxylic acids is 1. The average Bonchev–Trinajstić information content (AvgIpc) is 3.44. The molecule has 2 aromatic carbocycles. The van der Waals surface area contributed by atoms with Crippen LogP contribution in [0, 0.1) is 0 Å². The largest absolute Gasteiger partial charge is 0.275 e. The number of halogens is 1. The van der Waals surface area contributed by atoms with Crippen LogP contribution in [-0.4, -0.2) is 26.6 Å². The Kier molecular flexibility index (Phi) is 4.58. The van der Waals surface area contributed by atoms with Crippen LogP contribution >= 0.6 is 22.9 Å². The topological polar surface area (TPSA) is 58.5 Å². The maximum Gasteiger partial charge on any atom is 0.275 e. The summed E-state index contributed by atoms with van der Waals surface area (Å²) in [6, 6.07) is 15.1. The number of hydrogen-bond donors (Lipinski definition) is 0. The SMILES string of the molecule is O=C(c1ccsc1)N1N=C(c2ccc(Cl)cc2)C[C@H]1c1ccc2nccnc2c1. The van der Waals surface area contributed by atoms with Gasteiger partial charge in [-0.05, 0) is 46.8 Å². The normalized spacial score (nSPS) is 16.2. The molecule has 0 radical (unpaired) electrons. The summed E-state index contributed by atoms with van der Waals surface area (Å²) in [7, 11) is 0. The fraction of sp³-hybridized carbons (Fsp3) is 0.0909. The van der Waals surface area contributed by atoms with Gasteiger partial charge in [0.1, 0.15) is 0 Å². The molecule has 29 heavy (non-hydrogen) atoms. The van der Waals surface area contributed by atoms with E-state index in [-0.39, 0.29) is 11.9 Å². The molecule has 0 aliphatic carbocycles. The molecule has 0 saturated heterocycles. The summed E-state index contributed by atoms with van der Waals surface area (Å²) >= 11 is 7.52.